The maximum absolute atomic E-state index is 9.67. The molecule has 15 heavy (non-hydrogen) atoms. The molecule has 1 aliphatic rings. The second-order valence-corrected chi connectivity index (χ2v) is 4.66. The van der Waals surface area contributed by atoms with E-state index in [1.54, 1.807) is 0 Å². The lowest BCUT2D eigenvalue weighted by atomic mass is 10.0. The molecular weight excluding hydrogens is 184 g/mol. The Kier molecular flexibility index (Phi) is 3.42. The summed E-state index contributed by atoms with van der Waals surface area (Å²) in [4.78, 5) is 0. The zero-order valence-electron chi connectivity index (χ0n) is 9.39. The topological polar surface area (TPSA) is 20.2 Å². The third-order valence-corrected chi connectivity index (χ3v) is 3.54. The van der Waals surface area contributed by atoms with E-state index < -0.39 is 0 Å². The van der Waals surface area contributed by atoms with Crippen molar-refractivity contribution in [1.29, 1.82) is 0 Å². The minimum absolute atomic E-state index is 0.0502. The molecular formula is C14H20O. The van der Waals surface area contributed by atoms with E-state index >= 15 is 0 Å². The van der Waals surface area contributed by atoms with Crippen molar-refractivity contribution in [2.24, 2.45) is 11.8 Å². The molecule has 1 aliphatic carbocycles. The summed E-state index contributed by atoms with van der Waals surface area (Å²) in [6, 6.07) is 10.6. The van der Waals surface area contributed by atoms with Crippen molar-refractivity contribution in [3.05, 3.63) is 35.9 Å². The molecule has 0 heterocycles. The Balaban J connectivity index is 1.73. The van der Waals surface area contributed by atoms with Gasteiger partial charge in [0.05, 0.1) is 6.10 Å². The Bertz CT molecular complexity index is 293. The average molecular weight is 204 g/mol. The highest BCUT2D eigenvalue weighted by Crippen LogP contribution is 2.45. The van der Waals surface area contributed by atoms with Gasteiger partial charge in [0, 0.05) is 0 Å². The first-order valence-electron chi connectivity index (χ1n) is 6.03. The number of hydrogen-bond acceptors (Lipinski definition) is 1. The average Bonchev–Trinajstić information content (AvgIpc) is 3.06. The summed E-state index contributed by atoms with van der Waals surface area (Å²) in [6.45, 7) is 2.07. The maximum Gasteiger partial charge on any atom is 0.0568 e. The van der Waals surface area contributed by atoms with Gasteiger partial charge in [0.15, 0.2) is 0 Å². The van der Waals surface area contributed by atoms with Gasteiger partial charge in [0.25, 0.3) is 0 Å². The summed E-state index contributed by atoms with van der Waals surface area (Å²) in [7, 11) is 0. The molecule has 1 saturated carbocycles. The van der Waals surface area contributed by atoms with Crippen molar-refractivity contribution in [3.63, 3.8) is 0 Å². The van der Waals surface area contributed by atoms with E-state index in [1.807, 2.05) is 0 Å². The van der Waals surface area contributed by atoms with Gasteiger partial charge in [0.1, 0.15) is 0 Å². The lowest BCUT2D eigenvalue weighted by Gasteiger charge is -2.06. The highest BCUT2D eigenvalue weighted by molar-refractivity contribution is 5.15. The summed E-state index contributed by atoms with van der Waals surface area (Å²) < 4.78 is 0. The molecule has 82 valence electrons. The molecule has 3 atom stereocenters. The van der Waals surface area contributed by atoms with Gasteiger partial charge >= 0.3 is 0 Å². The molecule has 1 heteroatoms. The summed E-state index contributed by atoms with van der Waals surface area (Å²) in [5, 5.41) is 9.67. The number of aliphatic hydroxyl groups excluding tert-OH is 1. The molecule has 0 aliphatic heterocycles. The van der Waals surface area contributed by atoms with Crippen LogP contribution in [0.25, 0.3) is 0 Å². The van der Waals surface area contributed by atoms with Crippen molar-refractivity contribution in [1.82, 2.24) is 0 Å². The fraction of sp³-hybridized carbons (Fsp3) is 0.571. The monoisotopic (exact) mass is 204 g/mol. The summed E-state index contributed by atoms with van der Waals surface area (Å²) >= 11 is 0. The second-order valence-electron chi connectivity index (χ2n) is 4.66. The van der Waals surface area contributed by atoms with Gasteiger partial charge in [0.2, 0.25) is 0 Å². The van der Waals surface area contributed by atoms with Crippen LogP contribution in [0.15, 0.2) is 30.3 Å². The molecule has 0 saturated heterocycles. The predicted octanol–water partition coefficient (Wildman–Crippen LogP) is 3.03. The van der Waals surface area contributed by atoms with E-state index in [9.17, 15) is 5.11 Å². The fourth-order valence-electron chi connectivity index (χ4n) is 2.37. The molecule has 0 aromatic heterocycles. The standard InChI is InChI=1S/C14H20O/c1-2-14(15)13-10-12(13)9-8-11-6-4-3-5-7-11/h3-7,12-15H,2,8-10H2,1H3/t12-,13-,14-/m0/s1. The Morgan fingerprint density at radius 3 is 2.73 bits per heavy atom. The third kappa shape index (κ3) is 2.82. The van der Waals surface area contributed by atoms with Crippen LogP contribution in [-0.4, -0.2) is 11.2 Å². The van der Waals surface area contributed by atoms with Gasteiger partial charge in [-0.25, -0.2) is 0 Å². The minimum atomic E-state index is -0.0502. The van der Waals surface area contributed by atoms with Crippen LogP contribution in [0.5, 0.6) is 0 Å². The van der Waals surface area contributed by atoms with Crippen LogP contribution >= 0.6 is 0 Å². The molecule has 1 N–H and O–H groups in total. The number of benzene rings is 1. The number of hydrogen-bond donors (Lipinski definition) is 1. The van der Waals surface area contributed by atoms with Crippen LogP contribution in [0, 0.1) is 11.8 Å². The van der Waals surface area contributed by atoms with Crippen LogP contribution in [0.1, 0.15) is 31.7 Å². The largest absolute Gasteiger partial charge is 0.393 e. The van der Waals surface area contributed by atoms with Gasteiger partial charge in [-0.2, -0.15) is 0 Å². The highest BCUT2D eigenvalue weighted by atomic mass is 16.3. The third-order valence-electron chi connectivity index (χ3n) is 3.54. The van der Waals surface area contributed by atoms with E-state index in [0.717, 1.165) is 12.3 Å². The van der Waals surface area contributed by atoms with E-state index in [4.69, 9.17) is 0 Å². The first-order chi connectivity index (χ1) is 7.31. The zero-order chi connectivity index (χ0) is 10.7. The lowest BCUT2D eigenvalue weighted by molar-refractivity contribution is 0.140. The molecule has 0 unspecified atom stereocenters. The van der Waals surface area contributed by atoms with Gasteiger partial charge in [-0.15, -0.1) is 0 Å². The quantitative estimate of drug-likeness (QED) is 0.781. The minimum Gasteiger partial charge on any atom is -0.393 e. The summed E-state index contributed by atoms with van der Waals surface area (Å²) in [5.74, 6) is 1.37. The fourth-order valence-corrected chi connectivity index (χ4v) is 2.37. The molecule has 2 rings (SSSR count). The Morgan fingerprint density at radius 1 is 1.33 bits per heavy atom. The molecule has 0 bridgehead atoms. The van der Waals surface area contributed by atoms with Gasteiger partial charge in [-0.1, -0.05) is 37.3 Å². The molecule has 1 fully saturated rings. The maximum atomic E-state index is 9.67. The summed E-state index contributed by atoms with van der Waals surface area (Å²) in [6.07, 6.45) is 4.50. The molecule has 1 aromatic carbocycles. The van der Waals surface area contributed by atoms with Crippen LogP contribution in [0.3, 0.4) is 0 Å². The van der Waals surface area contributed by atoms with E-state index in [-0.39, 0.29) is 6.10 Å². The normalized spacial score (nSPS) is 26.3. The predicted molar refractivity (Wildman–Crippen MR) is 62.7 cm³/mol. The van der Waals surface area contributed by atoms with Crippen LogP contribution < -0.4 is 0 Å². The molecule has 0 amide bonds. The van der Waals surface area contributed by atoms with Crippen LogP contribution in [-0.2, 0) is 6.42 Å². The van der Waals surface area contributed by atoms with Crippen molar-refractivity contribution in [2.75, 3.05) is 0 Å². The molecule has 1 nitrogen and oxygen atoms in total. The first kappa shape index (κ1) is 10.7. The summed E-state index contributed by atoms with van der Waals surface area (Å²) in [5.41, 5.74) is 1.43. The van der Waals surface area contributed by atoms with Gasteiger partial charge in [-0.3, -0.25) is 0 Å². The smallest absolute Gasteiger partial charge is 0.0568 e. The molecule has 1 aromatic rings. The van der Waals surface area contributed by atoms with Crippen molar-refractivity contribution < 1.29 is 5.11 Å². The Labute approximate surface area is 92.1 Å². The van der Waals surface area contributed by atoms with Gasteiger partial charge < -0.3 is 5.11 Å². The molecule has 0 spiro atoms. The van der Waals surface area contributed by atoms with E-state index in [0.29, 0.717) is 5.92 Å². The Morgan fingerprint density at radius 2 is 2.07 bits per heavy atom. The lowest BCUT2D eigenvalue weighted by Crippen LogP contribution is -2.08. The number of aliphatic hydroxyl groups is 1. The SMILES string of the molecule is CC[C@H](O)[C@H]1C[C@@H]1CCc1ccccc1. The van der Waals surface area contributed by atoms with Crippen LogP contribution in [0.2, 0.25) is 0 Å². The highest BCUT2D eigenvalue weighted by Gasteiger charge is 2.40. The van der Waals surface area contributed by atoms with Crippen LogP contribution in [0.4, 0.5) is 0 Å². The zero-order valence-corrected chi connectivity index (χ0v) is 9.39. The van der Waals surface area contributed by atoms with Crippen molar-refractivity contribution in [2.45, 2.75) is 38.7 Å². The first-order valence-corrected chi connectivity index (χ1v) is 6.03. The number of rotatable bonds is 5. The van der Waals surface area contributed by atoms with Crippen molar-refractivity contribution >= 4 is 0 Å². The van der Waals surface area contributed by atoms with E-state index in [2.05, 4.69) is 37.3 Å². The molecule has 0 radical (unpaired) electrons. The number of aryl methyl sites for hydroxylation is 1. The van der Waals surface area contributed by atoms with E-state index in [1.165, 1.54) is 24.8 Å². The van der Waals surface area contributed by atoms with Crippen molar-refractivity contribution in [3.8, 4) is 0 Å². The van der Waals surface area contributed by atoms with Gasteiger partial charge in [-0.05, 0) is 43.1 Å². The second kappa shape index (κ2) is 4.80. The Hall–Kier alpha value is -0.820.